The predicted molar refractivity (Wildman–Crippen MR) is 258 cm³/mol. The fourth-order valence-corrected chi connectivity index (χ4v) is 7.95. The molecule has 0 amide bonds. The van der Waals surface area contributed by atoms with Crippen molar-refractivity contribution in [1.82, 2.24) is 34.9 Å². The molecule has 5 aromatic carbocycles. The molecule has 5 heterocycles. The van der Waals surface area contributed by atoms with Crippen molar-refractivity contribution in [2.75, 3.05) is 0 Å². The van der Waals surface area contributed by atoms with Gasteiger partial charge in [0.05, 0.1) is 22.8 Å². The molecular weight excluding hydrogens is 799 g/mol. The van der Waals surface area contributed by atoms with Crippen molar-refractivity contribution in [3.05, 3.63) is 236 Å². The van der Waals surface area contributed by atoms with Crippen LogP contribution in [0, 0.1) is 0 Å². The van der Waals surface area contributed by atoms with Crippen molar-refractivity contribution < 1.29 is 4.74 Å². The third-order valence-electron chi connectivity index (χ3n) is 11.3. The van der Waals surface area contributed by atoms with Crippen LogP contribution in [-0.2, 0) is 25.7 Å². The van der Waals surface area contributed by atoms with E-state index in [1.54, 1.807) is 18.6 Å². The highest BCUT2D eigenvalue weighted by Gasteiger charge is 2.18. The maximum absolute atomic E-state index is 6.85. The van der Waals surface area contributed by atoms with Gasteiger partial charge in [0.15, 0.2) is 5.82 Å². The van der Waals surface area contributed by atoms with Crippen LogP contribution in [0.4, 0.5) is 0 Å². The number of rotatable bonds is 14. The Morgan fingerprint density at radius 2 is 0.908 bits per heavy atom. The third-order valence-corrected chi connectivity index (χ3v) is 11.3. The van der Waals surface area contributed by atoms with Gasteiger partial charge in [0.2, 0.25) is 0 Å². The Hall–Kier alpha value is -8.49. The van der Waals surface area contributed by atoms with Crippen molar-refractivity contribution >= 4 is 0 Å². The molecule has 65 heavy (non-hydrogen) atoms. The minimum absolute atomic E-state index is 0.613. The molecule has 0 aliphatic heterocycles. The summed E-state index contributed by atoms with van der Waals surface area (Å²) in [7, 11) is 0. The van der Waals surface area contributed by atoms with E-state index in [0.717, 1.165) is 92.5 Å². The molecule has 10 rings (SSSR count). The van der Waals surface area contributed by atoms with Crippen molar-refractivity contribution in [3.63, 3.8) is 0 Å². The lowest BCUT2D eigenvalue weighted by atomic mass is 9.95. The second kappa shape index (κ2) is 19.3. The van der Waals surface area contributed by atoms with Gasteiger partial charge in [-0.2, -0.15) is 0 Å². The number of hydrogen-bond acceptors (Lipinski definition) is 8. The van der Waals surface area contributed by atoms with Crippen LogP contribution in [0.5, 0.6) is 11.5 Å². The summed E-state index contributed by atoms with van der Waals surface area (Å²) in [6.45, 7) is 0. The van der Waals surface area contributed by atoms with Crippen LogP contribution >= 0.6 is 0 Å². The van der Waals surface area contributed by atoms with E-state index < -0.39 is 0 Å². The lowest BCUT2D eigenvalue weighted by Gasteiger charge is -2.17. The Kier molecular flexibility index (Phi) is 12.0. The molecule has 0 bridgehead atoms. The largest absolute Gasteiger partial charge is 0.457 e. The number of aryl methyl sites for hydroxylation is 4. The molecule has 0 aliphatic rings. The van der Waals surface area contributed by atoms with Gasteiger partial charge >= 0.3 is 0 Å². The van der Waals surface area contributed by atoms with Crippen LogP contribution in [0.3, 0.4) is 0 Å². The SMILES string of the molecule is c1ccc(-c2ccc(CCc3cc(-c4ccccc4-c4ccc(-c5ncccn5)cc4Oc4cccc(-c5ccccn5)c4)nc(CCc4ccc(-c5ccccn5)cc4)n3)cc2)nc1. The predicted octanol–water partition coefficient (Wildman–Crippen LogP) is 12.8. The maximum atomic E-state index is 6.85. The summed E-state index contributed by atoms with van der Waals surface area (Å²) in [4.78, 5) is 33.2. The topological polar surface area (TPSA) is 99.5 Å². The van der Waals surface area contributed by atoms with Crippen molar-refractivity contribution in [1.29, 1.82) is 0 Å². The Morgan fingerprint density at radius 3 is 1.54 bits per heavy atom. The van der Waals surface area contributed by atoms with Gasteiger partial charge in [0, 0.05) is 76.5 Å². The number of pyridine rings is 3. The lowest BCUT2D eigenvalue weighted by Crippen LogP contribution is -2.05. The molecule has 312 valence electrons. The van der Waals surface area contributed by atoms with E-state index >= 15 is 0 Å². The number of nitrogens with zero attached hydrogens (tertiary/aromatic N) is 7. The van der Waals surface area contributed by atoms with Gasteiger partial charge in [-0.25, -0.2) is 19.9 Å². The molecule has 5 aromatic heterocycles. The van der Waals surface area contributed by atoms with E-state index in [1.165, 1.54) is 11.1 Å². The first-order valence-electron chi connectivity index (χ1n) is 21.8. The molecule has 0 radical (unpaired) electrons. The second-order valence-corrected chi connectivity index (χ2v) is 15.7. The molecule has 0 spiro atoms. The summed E-state index contributed by atoms with van der Waals surface area (Å²) >= 11 is 0. The van der Waals surface area contributed by atoms with Gasteiger partial charge in [-0.15, -0.1) is 0 Å². The quantitative estimate of drug-likeness (QED) is 0.107. The van der Waals surface area contributed by atoms with E-state index in [-0.39, 0.29) is 0 Å². The zero-order valence-corrected chi connectivity index (χ0v) is 35.6. The normalized spacial score (nSPS) is 11.0. The third kappa shape index (κ3) is 9.78. The molecule has 0 aliphatic carbocycles. The fourth-order valence-electron chi connectivity index (χ4n) is 7.95. The van der Waals surface area contributed by atoms with Gasteiger partial charge < -0.3 is 4.74 Å². The van der Waals surface area contributed by atoms with E-state index in [1.807, 2.05) is 109 Å². The number of hydrogen-bond donors (Lipinski definition) is 0. The van der Waals surface area contributed by atoms with Gasteiger partial charge in [-0.3, -0.25) is 15.0 Å². The van der Waals surface area contributed by atoms with Crippen molar-refractivity contribution in [3.8, 4) is 79.0 Å². The van der Waals surface area contributed by atoms with Crippen LogP contribution in [0.15, 0.2) is 213 Å². The lowest BCUT2D eigenvalue weighted by molar-refractivity contribution is 0.485. The van der Waals surface area contributed by atoms with Crippen LogP contribution < -0.4 is 4.74 Å². The Bertz CT molecular complexity index is 3040. The molecule has 0 saturated carbocycles. The van der Waals surface area contributed by atoms with Crippen LogP contribution in [-0.4, -0.2) is 34.9 Å². The highest BCUT2D eigenvalue weighted by atomic mass is 16.5. The van der Waals surface area contributed by atoms with E-state index in [0.29, 0.717) is 23.7 Å². The van der Waals surface area contributed by atoms with Crippen molar-refractivity contribution in [2.45, 2.75) is 25.7 Å². The van der Waals surface area contributed by atoms with E-state index in [4.69, 9.17) is 14.7 Å². The zero-order valence-electron chi connectivity index (χ0n) is 35.6. The monoisotopic (exact) mass is 841 g/mol. The molecule has 8 heteroatoms. The Morgan fingerprint density at radius 1 is 0.338 bits per heavy atom. The standard InChI is InChI=1S/C57H43N7O/c1-2-14-49(48(13-1)50-30-28-45(57-61-35-10-36-62-57)38-55(50)65-47-12-9-11-44(37-47)53-17-5-8-34-60-53)54-39-46(29-22-40-18-24-42(25-19-40)51-15-3-6-32-58-51)63-56(64-54)31-23-41-20-26-43(27-21-41)52-16-4-7-33-59-52/h1-21,24-28,30,32-39H,22-23,29,31H2. The molecule has 0 saturated heterocycles. The summed E-state index contributed by atoms with van der Waals surface area (Å²) in [5.41, 5.74) is 13.9. The molecule has 0 N–H and O–H groups in total. The average Bonchev–Trinajstić information content (AvgIpc) is 3.39. The smallest absolute Gasteiger partial charge is 0.159 e. The van der Waals surface area contributed by atoms with E-state index in [2.05, 4.69) is 110 Å². The molecule has 0 unspecified atom stereocenters. The second-order valence-electron chi connectivity index (χ2n) is 15.7. The molecule has 0 fully saturated rings. The molecule has 0 atom stereocenters. The Balaban J connectivity index is 1.00. The number of benzene rings is 5. The van der Waals surface area contributed by atoms with Crippen molar-refractivity contribution in [2.24, 2.45) is 0 Å². The first-order chi connectivity index (χ1) is 32.2. The van der Waals surface area contributed by atoms with Crippen LogP contribution in [0.25, 0.3) is 67.5 Å². The summed E-state index contributed by atoms with van der Waals surface area (Å²) in [5.74, 6) is 2.76. The number of aromatic nitrogens is 7. The van der Waals surface area contributed by atoms with Gasteiger partial charge in [0.1, 0.15) is 17.3 Å². The first kappa shape index (κ1) is 40.6. The fraction of sp³-hybridized carbons (Fsp3) is 0.0702. The highest BCUT2D eigenvalue weighted by Crippen LogP contribution is 2.41. The molecular formula is C57H43N7O. The maximum Gasteiger partial charge on any atom is 0.159 e. The first-order valence-corrected chi connectivity index (χ1v) is 21.8. The highest BCUT2D eigenvalue weighted by molar-refractivity contribution is 5.86. The summed E-state index contributed by atoms with van der Waals surface area (Å²) in [6, 6.07) is 61.7. The van der Waals surface area contributed by atoms with Crippen LogP contribution in [0.2, 0.25) is 0 Å². The Labute approximate surface area is 378 Å². The van der Waals surface area contributed by atoms with Crippen LogP contribution in [0.1, 0.15) is 22.6 Å². The van der Waals surface area contributed by atoms with Gasteiger partial charge in [-0.05, 0) is 109 Å². The van der Waals surface area contributed by atoms with Gasteiger partial charge in [-0.1, -0.05) is 109 Å². The zero-order chi connectivity index (χ0) is 43.6. The molecule has 10 aromatic rings. The van der Waals surface area contributed by atoms with E-state index in [9.17, 15) is 0 Å². The summed E-state index contributed by atoms with van der Waals surface area (Å²) in [5, 5.41) is 0. The summed E-state index contributed by atoms with van der Waals surface area (Å²) < 4.78 is 6.85. The summed E-state index contributed by atoms with van der Waals surface area (Å²) in [6.07, 6.45) is 12.0. The number of ether oxygens (including phenoxy) is 1. The minimum atomic E-state index is 0.613. The molecule has 8 nitrogen and oxygen atoms in total. The minimum Gasteiger partial charge on any atom is -0.457 e. The average molecular weight is 842 g/mol. The van der Waals surface area contributed by atoms with Gasteiger partial charge in [0.25, 0.3) is 0 Å².